The average molecular weight is 449 g/mol. The van der Waals surface area contributed by atoms with Gasteiger partial charge in [0.05, 0.1) is 24.5 Å². The first-order chi connectivity index (χ1) is 16.0. The Hall–Kier alpha value is -3.28. The molecule has 6 nitrogen and oxygen atoms in total. The van der Waals surface area contributed by atoms with E-state index >= 15 is 0 Å². The molecule has 0 radical (unpaired) electrons. The maximum Gasteiger partial charge on any atom is 0.282 e. The van der Waals surface area contributed by atoms with Crippen molar-refractivity contribution < 1.29 is 19.1 Å². The summed E-state index contributed by atoms with van der Waals surface area (Å²) in [6, 6.07) is 14.7. The highest BCUT2D eigenvalue weighted by Crippen LogP contribution is 2.39. The van der Waals surface area contributed by atoms with Crippen molar-refractivity contribution in [3.05, 3.63) is 59.8 Å². The van der Waals surface area contributed by atoms with Gasteiger partial charge in [-0.05, 0) is 61.9 Å². The molecule has 2 aliphatic heterocycles. The Labute approximate surface area is 195 Å². The van der Waals surface area contributed by atoms with E-state index in [9.17, 15) is 9.59 Å². The van der Waals surface area contributed by atoms with Gasteiger partial charge in [0.25, 0.3) is 11.8 Å². The zero-order chi connectivity index (χ0) is 23.4. The predicted molar refractivity (Wildman–Crippen MR) is 129 cm³/mol. The summed E-state index contributed by atoms with van der Waals surface area (Å²) in [7, 11) is 0. The first-order valence-corrected chi connectivity index (χ1v) is 11.9. The van der Waals surface area contributed by atoms with Gasteiger partial charge in [0.15, 0.2) is 0 Å². The topological polar surface area (TPSA) is 59.1 Å². The number of para-hydroxylation sites is 2. The van der Waals surface area contributed by atoms with E-state index in [-0.39, 0.29) is 11.8 Å². The molecule has 2 aromatic rings. The van der Waals surface area contributed by atoms with Crippen LogP contribution in [0.5, 0.6) is 11.5 Å². The number of anilines is 1. The highest BCUT2D eigenvalue weighted by molar-refractivity contribution is 6.45. The summed E-state index contributed by atoms with van der Waals surface area (Å²) in [6.07, 6.45) is 2.83. The third kappa shape index (κ3) is 4.61. The minimum atomic E-state index is -0.315. The van der Waals surface area contributed by atoms with Crippen LogP contribution in [0, 0.1) is 5.92 Å². The molecular formula is C27H32N2O4. The predicted octanol–water partition coefficient (Wildman–Crippen LogP) is 4.89. The standard InChI is InChI=1S/C27H32N2O4/c1-4-18-33-23-9-7-6-8-22(23)29-26(30)24(20-10-12-21(13-11-20)32-5-2)25(27(29)31)28-16-14-19(3)15-17-28/h6-13,19H,4-5,14-18H2,1-3H3. The number of piperidine rings is 1. The average Bonchev–Trinajstić information content (AvgIpc) is 3.09. The molecule has 174 valence electrons. The molecule has 0 saturated carbocycles. The van der Waals surface area contributed by atoms with Crippen molar-refractivity contribution >= 4 is 23.1 Å². The van der Waals surface area contributed by atoms with E-state index in [0.29, 0.717) is 41.8 Å². The molecule has 2 aliphatic rings. The van der Waals surface area contributed by atoms with Crippen molar-refractivity contribution in [3.8, 4) is 11.5 Å². The zero-order valence-electron chi connectivity index (χ0n) is 19.7. The molecule has 0 atom stereocenters. The number of rotatable bonds is 8. The summed E-state index contributed by atoms with van der Waals surface area (Å²) in [5.74, 6) is 1.29. The van der Waals surface area contributed by atoms with Crippen LogP contribution in [0.1, 0.15) is 45.6 Å². The molecule has 0 N–H and O–H groups in total. The smallest absolute Gasteiger partial charge is 0.282 e. The van der Waals surface area contributed by atoms with Crippen LogP contribution >= 0.6 is 0 Å². The van der Waals surface area contributed by atoms with E-state index in [2.05, 4.69) is 11.8 Å². The Kier molecular flexibility index (Phi) is 7.02. The van der Waals surface area contributed by atoms with Crippen LogP contribution in [-0.4, -0.2) is 43.0 Å². The van der Waals surface area contributed by atoms with Gasteiger partial charge < -0.3 is 14.4 Å². The van der Waals surface area contributed by atoms with Gasteiger partial charge in [-0.25, -0.2) is 4.90 Å². The number of likely N-dealkylation sites (tertiary alicyclic amines) is 1. The molecule has 1 fully saturated rings. The first kappa shape index (κ1) is 22.9. The second kappa shape index (κ2) is 10.1. The lowest BCUT2D eigenvalue weighted by Crippen LogP contribution is -2.38. The molecule has 0 aromatic heterocycles. The van der Waals surface area contributed by atoms with Crippen molar-refractivity contribution in [1.29, 1.82) is 0 Å². The molecule has 0 aliphatic carbocycles. The molecular weight excluding hydrogens is 416 g/mol. The third-order valence-electron chi connectivity index (χ3n) is 6.18. The monoisotopic (exact) mass is 448 g/mol. The molecule has 6 heteroatoms. The molecule has 33 heavy (non-hydrogen) atoms. The van der Waals surface area contributed by atoms with Crippen LogP contribution in [-0.2, 0) is 9.59 Å². The van der Waals surface area contributed by atoms with Crippen LogP contribution in [0.3, 0.4) is 0 Å². The highest BCUT2D eigenvalue weighted by atomic mass is 16.5. The summed E-state index contributed by atoms with van der Waals surface area (Å²) in [5.41, 5.74) is 2.15. The number of amides is 2. The van der Waals surface area contributed by atoms with Crippen LogP contribution in [0.15, 0.2) is 54.2 Å². The Morgan fingerprint density at radius 3 is 2.27 bits per heavy atom. The lowest BCUT2D eigenvalue weighted by Gasteiger charge is -2.32. The Bertz CT molecular complexity index is 1040. The van der Waals surface area contributed by atoms with E-state index in [1.54, 1.807) is 6.07 Å². The van der Waals surface area contributed by atoms with Crippen molar-refractivity contribution in [2.45, 2.75) is 40.0 Å². The molecule has 0 unspecified atom stereocenters. The van der Waals surface area contributed by atoms with Gasteiger partial charge in [-0.3, -0.25) is 9.59 Å². The maximum absolute atomic E-state index is 13.8. The minimum Gasteiger partial charge on any atom is -0.494 e. The zero-order valence-corrected chi connectivity index (χ0v) is 19.7. The second-order valence-electron chi connectivity index (χ2n) is 8.61. The lowest BCUT2D eigenvalue weighted by atomic mass is 9.97. The third-order valence-corrected chi connectivity index (χ3v) is 6.18. The fraction of sp³-hybridized carbons (Fsp3) is 0.407. The number of hydrogen-bond acceptors (Lipinski definition) is 5. The molecule has 1 saturated heterocycles. The van der Waals surface area contributed by atoms with Gasteiger partial charge in [-0.1, -0.05) is 38.1 Å². The van der Waals surface area contributed by atoms with Crippen molar-refractivity contribution in [3.63, 3.8) is 0 Å². The van der Waals surface area contributed by atoms with Gasteiger partial charge >= 0.3 is 0 Å². The molecule has 0 spiro atoms. The van der Waals surface area contributed by atoms with Crippen LogP contribution in [0.2, 0.25) is 0 Å². The van der Waals surface area contributed by atoms with Crippen molar-refractivity contribution in [2.24, 2.45) is 5.92 Å². The summed E-state index contributed by atoms with van der Waals surface area (Å²) >= 11 is 0. The number of benzene rings is 2. The van der Waals surface area contributed by atoms with E-state index < -0.39 is 0 Å². The van der Waals surface area contributed by atoms with Gasteiger partial charge in [-0.15, -0.1) is 0 Å². The fourth-order valence-corrected chi connectivity index (χ4v) is 4.38. The van der Waals surface area contributed by atoms with Gasteiger partial charge in [-0.2, -0.15) is 0 Å². The molecule has 2 amide bonds. The number of hydrogen-bond donors (Lipinski definition) is 0. The van der Waals surface area contributed by atoms with E-state index in [4.69, 9.17) is 9.47 Å². The highest BCUT2D eigenvalue weighted by Gasteiger charge is 2.43. The molecule has 2 heterocycles. The minimum absolute atomic E-state index is 0.286. The Morgan fingerprint density at radius 2 is 1.61 bits per heavy atom. The molecule has 2 aromatic carbocycles. The Morgan fingerprint density at radius 1 is 0.909 bits per heavy atom. The SMILES string of the molecule is CCCOc1ccccc1N1C(=O)C(c2ccc(OCC)cc2)=C(N2CCC(C)CC2)C1=O. The summed E-state index contributed by atoms with van der Waals surface area (Å²) < 4.78 is 11.4. The van der Waals surface area contributed by atoms with E-state index in [1.807, 2.05) is 56.3 Å². The summed E-state index contributed by atoms with van der Waals surface area (Å²) in [5, 5.41) is 0. The van der Waals surface area contributed by atoms with Crippen molar-refractivity contribution in [2.75, 3.05) is 31.2 Å². The number of ether oxygens (including phenoxy) is 2. The lowest BCUT2D eigenvalue weighted by molar-refractivity contribution is -0.120. The van der Waals surface area contributed by atoms with Gasteiger partial charge in [0, 0.05) is 13.1 Å². The fourth-order valence-electron chi connectivity index (χ4n) is 4.38. The largest absolute Gasteiger partial charge is 0.494 e. The van der Waals surface area contributed by atoms with E-state index in [1.165, 1.54) is 4.90 Å². The number of carbonyl (C=O) groups is 2. The normalized spacial score (nSPS) is 17.2. The summed E-state index contributed by atoms with van der Waals surface area (Å²) in [6.45, 7) is 8.79. The van der Waals surface area contributed by atoms with Crippen LogP contribution in [0.25, 0.3) is 5.57 Å². The number of carbonyl (C=O) groups excluding carboxylic acids is 2. The van der Waals surface area contributed by atoms with Crippen LogP contribution in [0.4, 0.5) is 5.69 Å². The Balaban J connectivity index is 1.76. The molecule has 4 rings (SSSR count). The number of imide groups is 1. The second-order valence-corrected chi connectivity index (χ2v) is 8.61. The van der Waals surface area contributed by atoms with E-state index in [0.717, 1.165) is 43.7 Å². The van der Waals surface area contributed by atoms with Crippen LogP contribution < -0.4 is 14.4 Å². The number of nitrogens with zero attached hydrogens (tertiary/aromatic N) is 2. The first-order valence-electron chi connectivity index (χ1n) is 11.9. The summed E-state index contributed by atoms with van der Waals surface area (Å²) in [4.78, 5) is 31.0. The van der Waals surface area contributed by atoms with Crippen molar-refractivity contribution in [1.82, 2.24) is 4.90 Å². The van der Waals surface area contributed by atoms with Gasteiger partial charge in [0.1, 0.15) is 17.2 Å². The molecule has 0 bridgehead atoms. The quantitative estimate of drug-likeness (QED) is 0.538. The maximum atomic E-state index is 13.8. The van der Waals surface area contributed by atoms with Gasteiger partial charge in [0.2, 0.25) is 0 Å².